The third kappa shape index (κ3) is 4.04. The van der Waals surface area contributed by atoms with Gasteiger partial charge in [0.2, 0.25) is 5.91 Å². The third-order valence-corrected chi connectivity index (χ3v) is 5.82. The lowest BCUT2D eigenvalue weighted by Crippen LogP contribution is -2.43. The summed E-state index contributed by atoms with van der Waals surface area (Å²) in [6.45, 7) is 5.26. The molecule has 0 N–H and O–H groups in total. The number of carbonyl (C=O) groups excluding carboxylic acids is 1. The van der Waals surface area contributed by atoms with Gasteiger partial charge in [0.1, 0.15) is 12.4 Å². The Morgan fingerprint density at radius 3 is 2.28 bits per heavy atom. The summed E-state index contributed by atoms with van der Waals surface area (Å²) in [5.41, 5.74) is 4.62. The zero-order valence-electron chi connectivity index (χ0n) is 17.7. The van der Waals surface area contributed by atoms with Gasteiger partial charge in [-0.2, -0.15) is 0 Å². The van der Waals surface area contributed by atoms with E-state index in [1.54, 1.807) is 14.2 Å². The van der Waals surface area contributed by atoms with E-state index in [9.17, 15) is 4.79 Å². The molecule has 1 amide bonds. The van der Waals surface area contributed by atoms with Crippen molar-refractivity contribution < 1.29 is 19.0 Å². The lowest BCUT2D eigenvalue weighted by atomic mass is 9.91. The van der Waals surface area contributed by atoms with Crippen LogP contribution in [0.15, 0.2) is 30.3 Å². The van der Waals surface area contributed by atoms with Crippen molar-refractivity contribution in [3.05, 3.63) is 52.6 Å². The molecule has 0 radical (unpaired) electrons. The molecule has 0 unspecified atom stereocenters. The first kappa shape index (κ1) is 19.6. The summed E-state index contributed by atoms with van der Waals surface area (Å²) in [7, 11) is 3.29. The first-order valence-electron chi connectivity index (χ1n) is 10.3. The number of fused-ring (bicyclic) bond motifs is 1. The van der Waals surface area contributed by atoms with Crippen LogP contribution in [0.5, 0.6) is 17.2 Å². The van der Waals surface area contributed by atoms with Crippen molar-refractivity contribution in [3.63, 3.8) is 0 Å². The van der Waals surface area contributed by atoms with E-state index >= 15 is 0 Å². The lowest BCUT2D eigenvalue weighted by molar-refractivity contribution is -0.136. The molecule has 0 spiro atoms. The lowest BCUT2D eigenvalue weighted by Gasteiger charge is -2.38. The molecule has 1 aliphatic carbocycles. The summed E-state index contributed by atoms with van der Waals surface area (Å²) in [4.78, 5) is 15.0. The first-order valence-corrected chi connectivity index (χ1v) is 10.3. The molecule has 0 bridgehead atoms. The molecule has 1 aliphatic heterocycles. The van der Waals surface area contributed by atoms with Crippen molar-refractivity contribution in [3.8, 4) is 17.2 Å². The number of amides is 1. The molecule has 5 nitrogen and oxygen atoms in total. The zero-order chi connectivity index (χ0) is 20.5. The van der Waals surface area contributed by atoms with Crippen LogP contribution in [0.4, 0.5) is 0 Å². The number of carbonyl (C=O) groups is 1. The molecule has 154 valence electrons. The Kier molecular flexibility index (Phi) is 5.39. The molecular formula is C24H29NO4. The first-order chi connectivity index (χ1) is 14.0. The number of nitrogens with zero attached hydrogens (tertiary/aromatic N) is 1. The molecule has 2 aromatic carbocycles. The highest BCUT2D eigenvalue weighted by Gasteiger charge is 2.39. The fourth-order valence-electron chi connectivity index (χ4n) is 4.23. The normalized spacial score (nSPS) is 18.2. The summed E-state index contributed by atoms with van der Waals surface area (Å²) >= 11 is 0. The van der Waals surface area contributed by atoms with Gasteiger partial charge in [-0.15, -0.1) is 0 Å². The fourth-order valence-corrected chi connectivity index (χ4v) is 4.23. The zero-order valence-corrected chi connectivity index (χ0v) is 17.7. The number of aryl methyl sites for hydroxylation is 2. The summed E-state index contributed by atoms with van der Waals surface area (Å²) in [5.74, 6) is 2.68. The van der Waals surface area contributed by atoms with E-state index < -0.39 is 0 Å². The van der Waals surface area contributed by atoms with Gasteiger partial charge in [0.25, 0.3) is 0 Å². The van der Waals surface area contributed by atoms with E-state index in [-0.39, 0.29) is 17.9 Å². The van der Waals surface area contributed by atoms with Crippen LogP contribution in [0, 0.1) is 19.8 Å². The minimum Gasteiger partial charge on any atom is -0.493 e. The highest BCUT2D eigenvalue weighted by molar-refractivity contribution is 5.82. The van der Waals surface area contributed by atoms with E-state index in [0.717, 1.165) is 36.3 Å². The van der Waals surface area contributed by atoms with Crippen LogP contribution in [0.2, 0.25) is 0 Å². The van der Waals surface area contributed by atoms with Crippen LogP contribution < -0.4 is 14.2 Å². The molecule has 0 aromatic heterocycles. The molecule has 1 saturated carbocycles. The number of hydrogen-bond acceptors (Lipinski definition) is 4. The van der Waals surface area contributed by atoms with E-state index in [2.05, 4.69) is 19.9 Å². The van der Waals surface area contributed by atoms with Crippen LogP contribution in [-0.4, -0.2) is 38.2 Å². The average molecular weight is 395 g/mol. The Balaban J connectivity index is 1.66. The monoisotopic (exact) mass is 395 g/mol. The van der Waals surface area contributed by atoms with Gasteiger partial charge in [-0.05, 0) is 79.6 Å². The van der Waals surface area contributed by atoms with Crippen LogP contribution >= 0.6 is 0 Å². The summed E-state index contributed by atoms with van der Waals surface area (Å²) in [6.07, 6.45) is 2.81. The number of benzene rings is 2. The second-order valence-electron chi connectivity index (χ2n) is 8.11. The minimum absolute atomic E-state index is 0.132. The molecule has 1 atom stereocenters. The van der Waals surface area contributed by atoms with Crippen molar-refractivity contribution in [2.45, 2.75) is 39.2 Å². The predicted octanol–water partition coefficient (Wildman–Crippen LogP) is 4.24. The number of hydrogen-bond donors (Lipinski definition) is 0. The van der Waals surface area contributed by atoms with Gasteiger partial charge in [0.15, 0.2) is 11.5 Å². The molecular weight excluding hydrogens is 366 g/mol. The minimum atomic E-state index is -0.132. The Hall–Kier alpha value is -2.69. The van der Waals surface area contributed by atoms with E-state index in [1.165, 1.54) is 16.7 Å². The van der Waals surface area contributed by atoms with Gasteiger partial charge < -0.3 is 19.1 Å². The highest BCUT2D eigenvalue weighted by atomic mass is 16.5. The van der Waals surface area contributed by atoms with Gasteiger partial charge >= 0.3 is 0 Å². The molecule has 1 heterocycles. The van der Waals surface area contributed by atoms with Crippen LogP contribution in [-0.2, 0) is 11.2 Å². The molecule has 2 aliphatic rings. The van der Waals surface area contributed by atoms with Gasteiger partial charge in [0, 0.05) is 12.5 Å². The largest absolute Gasteiger partial charge is 0.493 e. The van der Waals surface area contributed by atoms with E-state index in [0.29, 0.717) is 18.9 Å². The SMILES string of the molecule is COc1cc2c(cc1OC)[C@@H](COc1cc(C)cc(C)c1)N(C(=O)C1CC1)CC2. The average Bonchev–Trinajstić information content (AvgIpc) is 3.55. The maximum atomic E-state index is 13.0. The van der Waals surface area contributed by atoms with Gasteiger partial charge in [-0.3, -0.25) is 4.79 Å². The van der Waals surface area contributed by atoms with Crippen molar-refractivity contribution in [1.82, 2.24) is 4.90 Å². The Labute approximate surface area is 172 Å². The molecule has 0 saturated heterocycles. The molecule has 1 fully saturated rings. The molecule has 2 aromatic rings. The fraction of sp³-hybridized carbons (Fsp3) is 0.458. The summed E-state index contributed by atoms with van der Waals surface area (Å²) in [5, 5.41) is 0. The maximum Gasteiger partial charge on any atom is 0.226 e. The van der Waals surface area contributed by atoms with Crippen molar-refractivity contribution in [1.29, 1.82) is 0 Å². The van der Waals surface area contributed by atoms with Crippen LogP contribution in [0.25, 0.3) is 0 Å². The van der Waals surface area contributed by atoms with E-state index in [4.69, 9.17) is 14.2 Å². The van der Waals surface area contributed by atoms with Gasteiger partial charge in [-0.1, -0.05) is 6.07 Å². The smallest absolute Gasteiger partial charge is 0.226 e. The number of methoxy groups -OCH3 is 2. The highest BCUT2D eigenvalue weighted by Crippen LogP contribution is 2.41. The molecule has 29 heavy (non-hydrogen) atoms. The standard InChI is InChI=1S/C24H29NO4/c1-15-9-16(2)11-19(10-15)29-14-21-20-13-23(28-4)22(27-3)12-18(20)7-8-25(21)24(26)17-5-6-17/h9-13,17,21H,5-8,14H2,1-4H3/t21-/m1/s1. The van der Waals surface area contributed by atoms with Crippen LogP contribution in [0.3, 0.4) is 0 Å². The van der Waals surface area contributed by atoms with Crippen molar-refractivity contribution in [2.24, 2.45) is 5.92 Å². The molecule has 4 rings (SSSR count). The summed E-state index contributed by atoms with van der Waals surface area (Å²) < 4.78 is 17.2. The topological polar surface area (TPSA) is 48.0 Å². The number of rotatable bonds is 6. The second-order valence-corrected chi connectivity index (χ2v) is 8.11. The third-order valence-electron chi connectivity index (χ3n) is 5.82. The quantitative estimate of drug-likeness (QED) is 0.734. The summed E-state index contributed by atoms with van der Waals surface area (Å²) in [6, 6.07) is 10.1. The Morgan fingerprint density at radius 1 is 1.00 bits per heavy atom. The van der Waals surface area contributed by atoms with Crippen molar-refractivity contribution in [2.75, 3.05) is 27.4 Å². The van der Waals surface area contributed by atoms with Crippen molar-refractivity contribution >= 4 is 5.91 Å². The predicted molar refractivity (Wildman–Crippen MR) is 112 cm³/mol. The second kappa shape index (κ2) is 7.97. The number of ether oxygens (including phenoxy) is 3. The van der Waals surface area contributed by atoms with Crippen LogP contribution in [0.1, 0.15) is 41.1 Å². The van der Waals surface area contributed by atoms with Gasteiger partial charge in [-0.25, -0.2) is 0 Å². The van der Waals surface area contributed by atoms with Gasteiger partial charge in [0.05, 0.1) is 20.3 Å². The Bertz CT molecular complexity index is 899. The Morgan fingerprint density at radius 2 is 1.66 bits per heavy atom. The maximum absolute atomic E-state index is 13.0. The molecule has 5 heteroatoms. The van der Waals surface area contributed by atoms with E-state index in [1.807, 2.05) is 29.2 Å².